The Labute approximate surface area is 226 Å². The monoisotopic (exact) mass is 528 g/mol. The molecule has 2 aromatic carbocycles. The number of rotatable bonds is 17. The normalized spacial score (nSPS) is 13.8. The standard InChI is InChI=1S/C31H48O5Si/c1-7-9-17-26(23-30(32)33-6)29(35-25-34-22-10-8-2)24-36-37(31(3,4)5,27-18-13-11-14-19-27)28-20-15-12-16-21-28/h11-16,18-21,26,29H,7-10,17,22-25H2,1-6H3/t26-,29+/m0/s1. The quantitative estimate of drug-likeness (QED) is 0.108. The molecule has 2 aromatic rings. The number of hydrogen-bond donors (Lipinski definition) is 0. The average Bonchev–Trinajstić information content (AvgIpc) is 2.90. The zero-order chi connectivity index (χ0) is 27.2. The molecule has 2 atom stereocenters. The highest BCUT2D eigenvalue weighted by Gasteiger charge is 2.50. The van der Waals surface area contributed by atoms with Gasteiger partial charge < -0.3 is 18.6 Å². The Kier molecular flexibility index (Phi) is 13.6. The van der Waals surface area contributed by atoms with E-state index in [-0.39, 0.29) is 29.8 Å². The largest absolute Gasteiger partial charge is 0.469 e. The third kappa shape index (κ3) is 9.06. The number of esters is 1. The van der Waals surface area contributed by atoms with Crippen molar-refractivity contribution in [3.63, 3.8) is 0 Å². The van der Waals surface area contributed by atoms with Gasteiger partial charge in [-0.15, -0.1) is 0 Å². The van der Waals surface area contributed by atoms with Crippen LogP contribution in [0.25, 0.3) is 0 Å². The number of benzene rings is 2. The van der Waals surface area contributed by atoms with E-state index in [2.05, 4.69) is 83.1 Å². The van der Waals surface area contributed by atoms with Gasteiger partial charge >= 0.3 is 5.97 Å². The zero-order valence-corrected chi connectivity index (χ0v) is 24.8. The number of hydrogen-bond acceptors (Lipinski definition) is 5. The summed E-state index contributed by atoms with van der Waals surface area (Å²) in [6, 6.07) is 21.2. The minimum Gasteiger partial charge on any atom is -0.469 e. The topological polar surface area (TPSA) is 54.0 Å². The Hall–Kier alpha value is -1.99. The van der Waals surface area contributed by atoms with Crippen molar-refractivity contribution in [1.82, 2.24) is 0 Å². The lowest BCUT2D eigenvalue weighted by Crippen LogP contribution is -2.67. The first-order chi connectivity index (χ1) is 17.8. The summed E-state index contributed by atoms with van der Waals surface area (Å²) in [6.07, 6.45) is 5.02. The maximum absolute atomic E-state index is 12.4. The highest BCUT2D eigenvalue weighted by atomic mass is 28.4. The van der Waals surface area contributed by atoms with Crippen LogP contribution in [0.3, 0.4) is 0 Å². The molecule has 0 spiro atoms. The van der Waals surface area contributed by atoms with Crippen LogP contribution >= 0.6 is 0 Å². The molecule has 0 radical (unpaired) electrons. The fraction of sp³-hybridized carbons (Fsp3) is 0.581. The lowest BCUT2D eigenvalue weighted by atomic mass is 9.93. The van der Waals surface area contributed by atoms with Gasteiger partial charge in [-0.2, -0.15) is 0 Å². The fourth-order valence-corrected chi connectivity index (χ4v) is 9.48. The van der Waals surface area contributed by atoms with Gasteiger partial charge in [0.2, 0.25) is 0 Å². The van der Waals surface area contributed by atoms with E-state index >= 15 is 0 Å². The summed E-state index contributed by atoms with van der Waals surface area (Å²) in [7, 11) is -1.29. The molecule has 2 rings (SSSR count). The van der Waals surface area contributed by atoms with Crippen molar-refractivity contribution in [1.29, 1.82) is 0 Å². The van der Waals surface area contributed by atoms with Gasteiger partial charge in [0.25, 0.3) is 8.32 Å². The molecule has 37 heavy (non-hydrogen) atoms. The summed E-state index contributed by atoms with van der Waals surface area (Å²) in [5.74, 6) is -0.229. The van der Waals surface area contributed by atoms with Crippen molar-refractivity contribution >= 4 is 24.7 Å². The molecular weight excluding hydrogens is 480 g/mol. The number of unbranched alkanes of at least 4 members (excludes halogenated alkanes) is 2. The number of methoxy groups -OCH3 is 1. The summed E-state index contributed by atoms with van der Waals surface area (Å²) in [4.78, 5) is 12.4. The first-order valence-electron chi connectivity index (χ1n) is 13.8. The van der Waals surface area contributed by atoms with Gasteiger partial charge in [-0.1, -0.05) is 115 Å². The van der Waals surface area contributed by atoms with Gasteiger partial charge in [-0.25, -0.2) is 0 Å². The highest BCUT2D eigenvalue weighted by Crippen LogP contribution is 2.37. The lowest BCUT2D eigenvalue weighted by molar-refractivity contribution is -0.148. The van der Waals surface area contributed by atoms with Crippen molar-refractivity contribution in [3.8, 4) is 0 Å². The number of carbonyl (C=O) groups excluding carboxylic acids is 1. The zero-order valence-electron chi connectivity index (χ0n) is 23.8. The van der Waals surface area contributed by atoms with Crippen molar-refractivity contribution < 1.29 is 23.4 Å². The van der Waals surface area contributed by atoms with Crippen LogP contribution in [0.1, 0.15) is 73.1 Å². The Morgan fingerprint density at radius 3 is 1.95 bits per heavy atom. The average molecular weight is 529 g/mol. The molecule has 0 saturated carbocycles. The second-order valence-electron chi connectivity index (χ2n) is 10.7. The molecule has 0 heterocycles. The maximum atomic E-state index is 12.4. The first kappa shape index (κ1) is 31.2. The van der Waals surface area contributed by atoms with E-state index in [1.165, 1.54) is 17.5 Å². The van der Waals surface area contributed by atoms with E-state index in [9.17, 15) is 4.79 Å². The highest BCUT2D eigenvalue weighted by molar-refractivity contribution is 6.99. The van der Waals surface area contributed by atoms with Crippen molar-refractivity contribution in [2.45, 2.75) is 84.3 Å². The summed E-state index contributed by atoms with van der Waals surface area (Å²) in [5, 5.41) is 2.31. The molecule has 0 aliphatic rings. The molecule has 0 saturated heterocycles. The SMILES string of the molecule is CCCCOCO[C@H](CO[Si](c1ccccc1)(c1ccccc1)C(C)(C)C)[C@@H](CCCC)CC(=O)OC. The van der Waals surface area contributed by atoms with Gasteiger partial charge in [-0.3, -0.25) is 4.79 Å². The maximum Gasteiger partial charge on any atom is 0.305 e. The van der Waals surface area contributed by atoms with Crippen LogP contribution in [0.2, 0.25) is 5.04 Å². The van der Waals surface area contributed by atoms with Crippen LogP contribution in [-0.4, -0.2) is 47.5 Å². The Morgan fingerprint density at radius 2 is 1.46 bits per heavy atom. The molecule has 0 N–H and O–H groups in total. The van der Waals surface area contributed by atoms with Crippen LogP contribution < -0.4 is 10.4 Å². The van der Waals surface area contributed by atoms with Gasteiger partial charge in [0, 0.05) is 6.61 Å². The molecule has 0 aromatic heterocycles. The van der Waals surface area contributed by atoms with Gasteiger partial charge in [0.05, 0.1) is 26.2 Å². The van der Waals surface area contributed by atoms with Crippen LogP contribution in [0.5, 0.6) is 0 Å². The van der Waals surface area contributed by atoms with E-state index in [0.29, 0.717) is 19.6 Å². The second kappa shape index (κ2) is 16.1. The smallest absolute Gasteiger partial charge is 0.305 e. The fourth-order valence-electron chi connectivity index (χ4n) is 4.91. The van der Waals surface area contributed by atoms with Crippen molar-refractivity contribution in [3.05, 3.63) is 60.7 Å². The third-order valence-electron chi connectivity index (χ3n) is 7.00. The first-order valence-corrected chi connectivity index (χ1v) is 15.7. The Balaban J connectivity index is 2.44. The lowest BCUT2D eigenvalue weighted by Gasteiger charge is -2.44. The van der Waals surface area contributed by atoms with E-state index in [4.69, 9.17) is 18.6 Å². The van der Waals surface area contributed by atoms with Crippen LogP contribution in [0.4, 0.5) is 0 Å². The number of ether oxygens (including phenoxy) is 3. The molecule has 0 aliphatic heterocycles. The predicted molar refractivity (Wildman–Crippen MR) is 154 cm³/mol. The Morgan fingerprint density at radius 1 is 0.892 bits per heavy atom. The van der Waals surface area contributed by atoms with Gasteiger partial charge in [0.1, 0.15) is 6.79 Å². The molecule has 0 amide bonds. The molecule has 206 valence electrons. The van der Waals surface area contributed by atoms with E-state index in [0.717, 1.165) is 32.1 Å². The van der Waals surface area contributed by atoms with E-state index < -0.39 is 8.32 Å². The molecule has 5 nitrogen and oxygen atoms in total. The van der Waals surface area contributed by atoms with E-state index in [1.54, 1.807) is 0 Å². The molecular formula is C31H48O5Si. The molecule has 6 heteroatoms. The minimum absolute atomic E-state index is 0.0135. The minimum atomic E-state index is -2.73. The van der Waals surface area contributed by atoms with Crippen molar-refractivity contribution in [2.24, 2.45) is 5.92 Å². The third-order valence-corrected chi connectivity index (χ3v) is 12.0. The summed E-state index contributed by atoms with van der Waals surface area (Å²) >= 11 is 0. The van der Waals surface area contributed by atoms with Crippen LogP contribution in [-0.2, 0) is 23.4 Å². The molecule has 0 unspecified atom stereocenters. The predicted octanol–water partition coefficient (Wildman–Crippen LogP) is 6.09. The van der Waals surface area contributed by atoms with E-state index in [1.807, 2.05) is 12.1 Å². The van der Waals surface area contributed by atoms with Crippen LogP contribution in [0.15, 0.2) is 60.7 Å². The molecule has 0 fully saturated rings. The van der Waals surface area contributed by atoms with Crippen LogP contribution in [0, 0.1) is 5.92 Å². The summed E-state index contributed by atoms with van der Waals surface area (Å²) in [6.45, 7) is 12.4. The Bertz CT molecular complexity index is 842. The molecule has 0 bridgehead atoms. The molecule has 0 aliphatic carbocycles. The summed E-state index contributed by atoms with van der Waals surface area (Å²) in [5.41, 5.74) is 0. The van der Waals surface area contributed by atoms with Crippen molar-refractivity contribution in [2.75, 3.05) is 27.1 Å². The summed E-state index contributed by atoms with van der Waals surface area (Å²) < 4.78 is 24.4. The second-order valence-corrected chi connectivity index (χ2v) is 15.0. The van der Waals surface area contributed by atoms with Gasteiger partial charge in [-0.05, 0) is 34.2 Å². The number of carbonyl (C=O) groups is 1. The van der Waals surface area contributed by atoms with Gasteiger partial charge in [0.15, 0.2) is 0 Å².